The number of aromatic nitrogens is 3. The van der Waals surface area contributed by atoms with E-state index in [0.29, 0.717) is 33.5 Å². The highest BCUT2D eigenvalue weighted by atomic mass is 16.7. The molecule has 0 spiro atoms. The summed E-state index contributed by atoms with van der Waals surface area (Å²) in [6.45, 7) is 3.94. The van der Waals surface area contributed by atoms with Gasteiger partial charge >= 0.3 is 12.1 Å². The largest absolute Gasteiger partial charge is 0.426 e. The summed E-state index contributed by atoms with van der Waals surface area (Å²) in [4.78, 5) is 56.5. The van der Waals surface area contributed by atoms with Crippen molar-refractivity contribution in [2.75, 3.05) is 11.7 Å². The van der Waals surface area contributed by atoms with Crippen molar-refractivity contribution in [3.05, 3.63) is 53.0 Å². The third-order valence-corrected chi connectivity index (χ3v) is 6.71. The second-order valence-electron chi connectivity index (χ2n) is 10.0. The number of rotatable bonds is 9. The second-order valence-corrected chi connectivity index (χ2v) is 10.0. The third-order valence-electron chi connectivity index (χ3n) is 6.71. The summed E-state index contributed by atoms with van der Waals surface area (Å²) in [7, 11) is 0. The number of anilines is 2. The molecule has 1 unspecified atom stereocenters. The number of benzene rings is 1. The number of carbonyl (C=O) groups is 4. The maximum absolute atomic E-state index is 13.6. The molecule has 2 heterocycles. The van der Waals surface area contributed by atoms with Gasteiger partial charge in [0.05, 0.1) is 11.3 Å². The lowest BCUT2D eigenvalue weighted by Crippen LogP contribution is -2.31. The number of esters is 1. The molecule has 1 aromatic carbocycles. The molecule has 0 aliphatic heterocycles. The number of amides is 3. The number of carbonyl (C=O) groups excluding carboxylic acids is 4. The van der Waals surface area contributed by atoms with Crippen LogP contribution >= 0.6 is 0 Å². The van der Waals surface area contributed by atoms with E-state index in [0.717, 1.165) is 30.6 Å². The zero-order valence-corrected chi connectivity index (χ0v) is 22.3. The number of nitrogens with zero attached hydrogens (tertiary/aromatic N) is 4. The minimum Gasteiger partial charge on any atom is -0.426 e. The first kappa shape index (κ1) is 27.1. The average Bonchev–Trinajstić information content (AvgIpc) is 3.86. The van der Waals surface area contributed by atoms with Gasteiger partial charge in [-0.2, -0.15) is 5.10 Å². The molecule has 3 aromatic rings. The van der Waals surface area contributed by atoms with Gasteiger partial charge in [-0.25, -0.2) is 24.0 Å². The molecular weight excluding hydrogens is 520 g/mol. The van der Waals surface area contributed by atoms with Crippen molar-refractivity contribution in [2.45, 2.75) is 64.6 Å². The molecule has 2 aliphatic carbocycles. The topological polar surface area (TPSA) is 164 Å². The van der Waals surface area contributed by atoms with Gasteiger partial charge in [-0.05, 0) is 69.7 Å². The Balaban J connectivity index is 1.56. The summed E-state index contributed by atoms with van der Waals surface area (Å²) in [6, 6.07) is 5.18. The van der Waals surface area contributed by atoms with Gasteiger partial charge in [-0.3, -0.25) is 9.59 Å². The van der Waals surface area contributed by atoms with Gasteiger partial charge < -0.3 is 25.2 Å². The van der Waals surface area contributed by atoms with Gasteiger partial charge in [-0.15, -0.1) is 0 Å². The fourth-order valence-electron chi connectivity index (χ4n) is 4.13. The molecule has 2 fully saturated rings. The SMILES string of the molecule is Cc1ccc(C(=O)NC2CC2)cc1N(C(=O)OCOC(=O)C(C)O)c1ncnn2cc(C(=O)NC3CC3)c(C)c12. The number of hydrogen-bond donors (Lipinski definition) is 3. The van der Waals surface area contributed by atoms with Crippen molar-refractivity contribution in [3.63, 3.8) is 0 Å². The van der Waals surface area contributed by atoms with E-state index in [9.17, 15) is 24.3 Å². The van der Waals surface area contributed by atoms with Gasteiger partial charge in [-0.1, -0.05) is 6.07 Å². The van der Waals surface area contributed by atoms with Gasteiger partial charge in [0.15, 0.2) is 5.82 Å². The fraction of sp³-hybridized carbons (Fsp3) is 0.407. The van der Waals surface area contributed by atoms with Crippen molar-refractivity contribution < 1.29 is 33.8 Å². The van der Waals surface area contributed by atoms with Gasteiger partial charge in [0, 0.05) is 23.8 Å². The summed E-state index contributed by atoms with van der Waals surface area (Å²) in [5.74, 6) is -1.42. The van der Waals surface area contributed by atoms with Crippen molar-refractivity contribution in [1.29, 1.82) is 0 Å². The van der Waals surface area contributed by atoms with E-state index in [4.69, 9.17) is 9.47 Å². The Kier molecular flexibility index (Phi) is 7.39. The van der Waals surface area contributed by atoms with Crippen LogP contribution in [0, 0.1) is 13.8 Å². The normalized spacial score (nSPS) is 15.3. The number of fused-ring (bicyclic) bond motifs is 1. The lowest BCUT2D eigenvalue weighted by atomic mass is 10.1. The summed E-state index contributed by atoms with van der Waals surface area (Å²) in [5, 5.41) is 19.5. The fourth-order valence-corrected chi connectivity index (χ4v) is 4.13. The average molecular weight is 551 g/mol. The number of hydrogen-bond acceptors (Lipinski definition) is 9. The Bertz CT molecular complexity index is 1490. The summed E-state index contributed by atoms with van der Waals surface area (Å²) >= 11 is 0. The molecular formula is C27H30N6O7. The van der Waals surface area contributed by atoms with Gasteiger partial charge in [0.2, 0.25) is 6.79 Å². The van der Waals surface area contributed by atoms with Crippen LogP contribution in [-0.2, 0) is 14.3 Å². The van der Waals surface area contributed by atoms with Crippen LogP contribution in [0.3, 0.4) is 0 Å². The van der Waals surface area contributed by atoms with E-state index >= 15 is 0 Å². The van der Waals surface area contributed by atoms with E-state index in [2.05, 4.69) is 20.7 Å². The van der Waals surface area contributed by atoms with Crippen LogP contribution in [0.5, 0.6) is 0 Å². The van der Waals surface area contributed by atoms with Gasteiger partial charge in [0.1, 0.15) is 17.9 Å². The Morgan fingerprint density at radius 2 is 1.75 bits per heavy atom. The Morgan fingerprint density at radius 3 is 2.40 bits per heavy atom. The predicted molar refractivity (Wildman–Crippen MR) is 141 cm³/mol. The third kappa shape index (κ3) is 5.73. The van der Waals surface area contributed by atoms with E-state index in [1.807, 2.05) is 0 Å². The number of aliphatic hydroxyl groups excluding tert-OH is 1. The number of aliphatic hydroxyl groups is 1. The van der Waals surface area contributed by atoms with Crippen LogP contribution in [-0.4, -0.2) is 68.6 Å². The van der Waals surface area contributed by atoms with Crippen molar-refractivity contribution >= 4 is 40.9 Å². The molecule has 210 valence electrons. The van der Waals surface area contributed by atoms with Crippen LogP contribution in [0.2, 0.25) is 0 Å². The highest BCUT2D eigenvalue weighted by molar-refractivity contribution is 6.05. The maximum Gasteiger partial charge on any atom is 0.423 e. The van der Waals surface area contributed by atoms with E-state index in [1.165, 1.54) is 17.8 Å². The first-order chi connectivity index (χ1) is 19.1. The van der Waals surface area contributed by atoms with Crippen molar-refractivity contribution in [3.8, 4) is 0 Å². The van der Waals surface area contributed by atoms with Crippen LogP contribution in [0.1, 0.15) is 64.4 Å². The molecule has 0 bridgehead atoms. The Hall–Kier alpha value is -4.52. The molecule has 2 aliphatic rings. The molecule has 1 atom stereocenters. The molecule has 2 saturated carbocycles. The number of nitrogens with one attached hydrogen (secondary N) is 2. The predicted octanol–water partition coefficient (Wildman–Crippen LogP) is 2.29. The molecule has 0 saturated heterocycles. The van der Waals surface area contributed by atoms with Crippen LogP contribution < -0.4 is 15.5 Å². The molecule has 40 heavy (non-hydrogen) atoms. The monoisotopic (exact) mass is 550 g/mol. The minimum absolute atomic E-state index is 0.0904. The lowest BCUT2D eigenvalue weighted by molar-refractivity contribution is -0.160. The maximum atomic E-state index is 13.6. The molecule has 13 heteroatoms. The zero-order valence-electron chi connectivity index (χ0n) is 22.3. The highest BCUT2D eigenvalue weighted by Crippen LogP contribution is 2.34. The highest BCUT2D eigenvalue weighted by Gasteiger charge is 2.31. The molecule has 13 nitrogen and oxygen atoms in total. The van der Waals surface area contributed by atoms with Crippen molar-refractivity contribution in [1.82, 2.24) is 25.2 Å². The Labute approximate surface area is 229 Å². The van der Waals surface area contributed by atoms with Crippen molar-refractivity contribution in [2.24, 2.45) is 0 Å². The molecule has 3 amide bonds. The van der Waals surface area contributed by atoms with Crippen LogP contribution in [0.25, 0.3) is 5.52 Å². The number of ether oxygens (including phenoxy) is 2. The molecule has 0 radical (unpaired) electrons. The minimum atomic E-state index is -1.40. The van der Waals surface area contributed by atoms with Crippen LogP contribution in [0.15, 0.2) is 30.7 Å². The molecule has 2 aromatic heterocycles. The first-order valence-electron chi connectivity index (χ1n) is 13.0. The number of aryl methyl sites for hydroxylation is 2. The standard InChI is InChI=1S/C27H30N6O7/c1-14-4-5-17(24(35)30-18-6-7-18)10-21(14)33(27(38)40-13-39-26(37)16(3)34)23-22-15(2)20(11-32(22)29-12-28-23)25(36)31-19-8-9-19/h4-5,10-12,16,18-19,34H,6-9,13H2,1-3H3,(H,30,35)(H,31,36). The van der Waals surface area contributed by atoms with Crippen LogP contribution in [0.4, 0.5) is 16.3 Å². The summed E-state index contributed by atoms with van der Waals surface area (Å²) < 4.78 is 11.5. The van der Waals surface area contributed by atoms with E-state index in [-0.39, 0.29) is 29.7 Å². The molecule has 5 rings (SSSR count). The van der Waals surface area contributed by atoms with E-state index < -0.39 is 25.0 Å². The lowest BCUT2D eigenvalue weighted by Gasteiger charge is -2.24. The van der Waals surface area contributed by atoms with E-state index in [1.54, 1.807) is 38.2 Å². The Morgan fingerprint density at radius 1 is 1.07 bits per heavy atom. The summed E-state index contributed by atoms with van der Waals surface area (Å²) in [5.41, 5.74) is 2.52. The zero-order chi connectivity index (χ0) is 28.6. The molecule has 3 N–H and O–H groups in total. The second kappa shape index (κ2) is 10.9. The first-order valence-corrected chi connectivity index (χ1v) is 13.0. The quantitative estimate of drug-likeness (QED) is 0.268. The summed E-state index contributed by atoms with van der Waals surface area (Å²) in [6.07, 6.45) is 4.10. The smallest absolute Gasteiger partial charge is 0.423 e. The van der Waals surface area contributed by atoms with Gasteiger partial charge in [0.25, 0.3) is 11.8 Å².